The maximum Gasteiger partial charge on any atom is 0.250 e. The van der Waals surface area contributed by atoms with Crippen molar-refractivity contribution in [1.29, 1.82) is 0 Å². The van der Waals surface area contributed by atoms with E-state index in [2.05, 4.69) is 11.7 Å². The molecule has 94 valence electrons. The summed E-state index contributed by atoms with van der Waals surface area (Å²) in [5.74, 6) is -0.0356. The summed E-state index contributed by atoms with van der Waals surface area (Å²) in [6, 6.07) is 0. The van der Waals surface area contributed by atoms with E-state index in [1.54, 1.807) is 4.90 Å². The van der Waals surface area contributed by atoms with Crippen LogP contribution in [-0.2, 0) is 17.8 Å². The van der Waals surface area contributed by atoms with E-state index in [-0.39, 0.29) is 5.91 Å². The molecule has 17 heavy (non-hydrogen) atoms. The molecule has 0 aliphatic carbocycles. The number of amides is 1. The molecular formula is C13H21N3O. The molecule has 1 aromatic heterocycles. The second-order valence-electron chi connectivity index (χ2n) is 3.61. The smallest absolute Gasteiger partial charge is 0.250 e. The van der Waals surface area contributed by atoms with Gasteiger partial charge in [-0.1, -0.05) is 20.4 Å². The van der Waals surface area contributed by atoms with Crippen LogP contribution in [0.15, 0.2) is 18.9 Å². The highest BCUT2D eigenvalue weighted by Gasteiger charge is 2.23. The summed E-state index contributed by atoms with van der Waals surface area (Å²) in [6.07, 6.45) is 5.24. The summed E-state index contributed by atoms with van der Waals surface area (Å²) < 4.78 is 1.87. The van der Waals surface area contributed by atoms with Crippen molar-refractivity contribution in [3.63, 3.8) is 0 Å². The highest BCUT2D eigenvalue weighted by Crippen LogP contribution is 2.25. The van der Waals surface area contributed by atoms with Gasteiger partial charge in [0.25, 0.3) is 0 Å². The Balaban J connectivity index is 0.000000686. The molecule has 1 aliphatic heterocycles. The van der Waals surface area contributed by atoms with E-state index >= 15 is 0 Å². The summed E-state index contributed by atoms with van der Waals surface area (Å²) in [5, 5.41) is 4.42. The van der Waals surface area contributed by atoms with Crippen LogP contribution in [0.25, 0.3) is 0 Å². The molecule has 1 aromatic rings. The zero-order valence-corrected chi connectivity index (χ0v) is 10.9. The average Bonchev–Trinajstić information content (AvgIpc) is 2.82. The molecule has 1 amide bonds. The average molecular weight is 235 g/mol. The summed E-state index contributed by atoms with van der Waals surface area (Å²) in [6.45, 7) is 11.2. The van der Waals surface area contributed by atoms with Crippen molar-refractivity contribution >= 4 is 11.6 Å². The van der Waals surface area contributed by atoms with Gasteiger partial charge in [0.15, 0.2) is 0 Å². The van der Waals surface area contributed by atoms with Gasteiger partial charge >= 0.3 is 0 Å². The lowest BCUT2D eigenvalue weighted by Crippen LogP contribution is -2.33. The van der Waals surface area contributed by atoms with Gasteiger partial charge in [-0.15, -0.1) is 0 Å². The maximum atomic E-state index is 11.6. The lowest BCUT2D eigenvalue weighted by Gasteiger charge is -2.24. The summed E-state index contributed by atoms with van der Waals surface area (Å²) in [5.41, 5.74) is 1.98. The predicted octanol–water partition coefficient (Wildman–Crippen LogP) is 2.39. The number of hydrogen-bond acceptors (Lipinski definition) is 2. The number of carbonyl (C=O) groups excluding carboxylic acids is 1. The number of hydrogen-bond donors (Lipinski definition) is 0. The minimum Gasteiger partial charge on any atom is -0.306 e. The third-order valence-electron chi connectivity index (χ3n) is 2.67. The molecule has 2 rings (SSSR count). The minimum absolute atomic E-state index is 0.0356. The molecule has 0 atom stereocenters. The van der Waals surface area contributed by atoms with Gasteiger partial charge in [-0.05, 0) is 25.8 Å². The standard InChI is InChI=1S/C11H15N3O.C2H6/c1-3-11(15)14-7-5-6-9-10(14)8-13(4-2)12-9;1-2/h3,8H,1,4-7H2,2H3;1-2H3. The van der Waals surface area contributed by atoms with Gasteiger partial charge < -0.3 is 4.90 Å². The van der Waals surface area contributed by atoms with Gasteiger partial charge in [-0.3, -0.25) is 9.48 Å². The molecule has 0 unspecified atom stereocenters. The first-order valence-electron chi connectivity index (χ1n) is 6.26. The van der Waals surface area contributed by atoms with Crippen molar-refractivity contribution in [2.75, 3.05) is 11.4 Å². The first-order valence-corrected chi connectivity index (χ1v) is 6.26. The summed E-state index contributed by atoms with van der Waals surface area (Å²) >= 11 is 0. The summed E-state index contributed by atoms with van der Waals surface area (Å²) in [7, 11) is 0. The Kier molecular flexibility index (Phi) is 4.94. The van der Waals surface area contributed by atoms with Crippen LogP contribution < -0.4 is 4.90 Å². The van der Waals surface area contributed by atoms with E-state index in [1.807, 2.05) is 31.6 Å². The number of aromatic nitrogens is 2. The zero-order chi connectivity index (χ0) is 12.8. The normalized spacial score (nSPS) is 13.5. The van der Waals surface area contributed by atoms with Crippen molar-refractivity contribution in [3.8, 4) is 0 Å². The van der Waals surface area contributed by atoms with Gasteiger partial charge in [-0.2, -0.15) is 5.10 Å². The van der Waals surface area contributed by atoms with Gasteiger partial charge in [0.2, 0.25) is 5.91 Å². The highest BCUT2D eigenvalue weighted by molar-refractivity contribution is 6.01. The van der Waals surface area contributed by atoms with Crippen molar-refractivity contribution in [1.82, 2.24) is 9.78 Å². The molecule has 0 bridgehead atoms. The Morgan fingerprint density at radius 1 is 1.59 bits per heavy atom. The fraction of sp³-hybridized carbons (Fsp3) is 0.538. The van der Waals surface area contributed by atoms with Gasteiger partial charge in [0.1, 0.15) is 0 Å². The number of fused-ring (bicyclic) bond motifs is 1. The first-order chi connectivity index (χ1) is 8.26. The largest absolute Gasteiger partial charge is 0.306 e. The van der Waals surface area contributed by atoms with E-state index < -0.39 is 0 Å². The Morgan fingerprint density at radius 2 is 2.29 bits per heavy atom. The Morgan fingerprint density at radius 3 is 2.88 bits per heavy atom. The van der Waals surface area contributed by atoms with Crippen LogP contribution in [0.2, 0.25) is 0 Å². The summed E-state index contributed by atoms with van der Waals surface area (Å²) in [4.78, 5) is 13.4. The number of nitrogens with zero attached hydrogens (tertiary/aromatic N) is 3. The third-order valence-corrected chi connectivity index (χ3v) is 2.67. The molecule has 0 aromatic carbocycles. The zero-order valence-electron chi connectivity index (χ0n) is 10.9. The number of anilines is 1. The predicted molar refractivity (Wildman–Crippen MR) is 70.1 cm³/mol. The van der Waals surface area contributed by atoms with Crippen molar-refractivity contribution in [3.05, 3.63) is 24.5 Å². The molecule has 0 spiro atoms. The lowest BCUT2D eigenvalue weighted by molar-refractivity contribution is -0.114. The van der Waals surface area contributed by atoms with Crippen LogP contribution in [0.3, 0.4) is 0 Å². The van der Waals surface area contributed by atoms with E-state index in [9.17, 15) is 4.79 Å². The van der Waals surface area contributed by atoms with Crippen molar-refractivity contribution in [2.45, 2.75) is 40.2 Å². The topological polar surface area (TPSA) is 38.1 Å². The van der Waals surface area contributed by atoms with E-state index in [0.717, 1.165) is 37.3 Å². The van der Waals surface area contributed by atoms with E-state index in [1.165, 1.54) is 6.08 Å². The second kappa shape index (κ2) is 6.23. The fourth-order valence-corrected chi connectivity index (χ4v) is 1.88. The van der Waals surface area contributed by atoms with Crippen LogP contribution in [0, 0.1) is 0 Å². The Hall–Kier alpha value is -1.58. The van der Waals surface area contributed by atoms with Gasteiger partial charge in [0, 0.05) is 19.3 Å². The van der Waals surface area contributed by atoms with Crippen LogP contribution in [0.4, 0.5) is 5.69 Å². The van der Waals surface area contributed by atoms with Crippen LogP contribution in [0.1, 0.15) is 32.9 Å². The van der Waals surface area contributed by atoms with Gasteiger partial charge in [-0.25, -0.2) is 0 Å². The first kappa shape index (κ1) is 13.5. The second-order valence-corrected chi connectivity index (χ2v) is 3.61. The SMILES string of the molecule is C=CC(=O)N1CCCc2nn(CC)cc21.CC. The van der Waals surface area contributed by atoms with Crippen LogP contribution >= 0.6 is 0 Å². The Labute approximate surface area is 103 Å². The molecule has 4 heteroatoms. The van der Waals surface area contributed by atoms with Gasteiger partial charge in [0.05, 0.1) is 11.4 Å². The third kappa shape index (κ3) is 2.75. The molecule has 0 radical (unpaired) electrons. The molecule has 1 aliphatic rings. The number of rotatable bonds is 2. The van der Waals surface area contributed by atoms with Crippen LogP contribution in [0.5, 0.6) is 0 Å². The maximum absolute atomic E-state index is 11.6. The van der Waals surface area contributed by atoms with E-state index in [4.69, 9.17) is 0 Å². The number of aryl methyl sites for hydroxylation is 2. The van der Waals surface area contributed by atoms with E-state index in [0.29, 0.717) is 0 Å². The van der Waals surface area contributed by atoms with Crippen molar-refractivity contribution in [2.24, 2.45) is 0 Å². The quantitative estimate of drug-likeness (QED) is 0.738. The molecule has 4 nitrogen and oxygen atoms in total. The molecule has 0 N–H and O–H groups in total. The fourth-order valence-electron chi connectivity index (χ4n) is 1.88. The lowest BCUT2D eigenvalue weighted by atomic mass is 10.1. The molecule has 0 saturated carbocycles. The highest BCUT2D eigenvalue weighted by atomic mass is 16.2. The monoisotopic (exact) mass is 235 g/mol. The molecule has 2 heterocycles. The van der Waals surface area contributed by atoms with Crippen molar-refractivity contribution < 1.29 is 4.79 Å². The molecule has 0 fully saturated rings. The van der Waals surface area contributed by atoms with Crippen LogP contribution in [-0.4, -0.2) is 22.2 Å². The number of carbonyl (C=O) groups is 1. The Bertz CT molecular complexity index is 395. The molecular weight excluding hydrogens is 214 g/mol. The minimum atomic E-state index is -0.0356. The molecule has 0 saturated heterocycles.